The lowest BCUT2D eigenvalue weighted by Gasteiger charge is -2.27. The van der Waals surface area contributed by atoms with Crippen LogP contribution in [0.5, 0.6) is 0 Å². The van der Waals surface area contributed by atoms with Crippen LogP contribution in [0.3, 0.4) is 0 Å². The number of morpholine rings is 1. The third-order valence-corrected chi connectivity index (χ3v) is 8.46. The molecule has 0 saturated carbocycles. The monoisotopic (exact) mass is 584 g/mol. The van der Waals surface area contributed by atoms with Gasteiger partial charge in [-0.15, -0.1) is 0 Å². The lowest BCUT2D eigenvalue weighted by Crippen LogP contribution is -2.40. The van der Waals surface area contributed by atoms with E-state index < -0.39 is 0 Å². The molecular formula is C37H33FN4O2. The van der Waals surface area contributed by atoms with Gasteiger partial charge in [0, 0.05) is 37.6 Å². The summed E-state index contributed by atoms with van der Waals surface area (Å²) in [7, 11) is 0. The Balaban J connectivity index is 1.20. The maximum Gasteiger partial charge on any atom is 0.256 e. The highest BCUT2D eigenvalue weighted by Crippen LogP contribution is 2.33. The van der Waals surface area contributed by atoms with E-state index in [2.05, 4.69) is 74.9 Å². The minimum Gasteiger partial charge on any atom is -0.378 e. The molecule has 0 atom stereocenters. The lowest BCUT2D eigenvalue weighted by atomic mass is 9.97. The van der Waals surface area contributed by atoms with Crippen molar-refractivity contribution in [2.75, 3.05) is 26.3 Å². The number of hydrogen-bond acceptors (Lipinski definition) is 3. The number of hydrogen-bond donors (Lipinski definition) is 0. The smallest absolute Gasteiger partial charge is 0.256 e. The maximum atomic E-state index is 13.9. The van der Waals surface area contributed by atoms with Crippen LogP contribution >= 0.6 is 0 Å². The van der Waals surface area contributed by atoms with E-state index in [9.17, 15) is 9.18 Å². The normalized spacial score (nSPS) is 13.5. The van der Waals surface area contributed by atoms with Gasteiger partial charge in [0.2, 0.25) is 0 Å². The molecule has 1 aliphatic rings. The van der Waals surface area contributed by atoms with E-state index in [-0.39, 0.29) is 11.7 Å². The molecule has 0 bridgehead atoms. The van der Waals surface area contributed by atoms with E-state index >= 15 is 0 Å². The molecule has 1 fully saturated rings. The highest BCUT2D eigenvalue weighted by Gasteiger charge is 2.24. The molecule has 44 heavy (non-hydrogen) atoms. The average molecular weight is 585 g/mol. The number of fused-ring (bicyclic) bond motifs is 1. The van der Waals surface area contributed by atoms with Crippen LogP contribution in [0, 0.1) is 12.7 Å². The van der Waals surface area contributed by atoms with Crippen LogP contribution in [0.25, 0.3) is 33.0 Å². The number of aryl methyl sites for hydroxylation is 1. The SMILES string of the molecule is Cc1ncn(Cc2ccc(-c3ccc(F)cc3)cc2)c1Cn1cc(C(=O)N2CCOCC2)c(-c2cccc3ccccc23)c1. The zero-order valence-electron chi connectivity index (χ0n) is 24.6. The molecule has 3 heterocycles. The van der Waals surface area contributed by atoms with Crippen molar-refractivity contribution in [3.05, 3.63) is 138 Å². The zero-order valence-corrected chi connectivity index (χ0v) is 24.6. The Morgan fingerprint density at radius 2 is 1.52 bits per heavy atom. The highest BCUT2D eigenvalue weighted by atomic mass is 19.1. The predicted molar refractivity (Wildman–Crippen MR) is 171 cm³/mol. The number of rotatable bonds is 7. The molecule has 7 heteroatoms. The Hall–Kier alpha value is -5.01. The summed E-state index contributed by atoms with van der Waals surface area (Å²) in [4.78, 5) is 20.4. The maximum absolute atomic E-state index is 13.9. The molecule has 6 nitrogen and oxygen atoms in total. The van der Waals surface area contributed by atoms with Crippen molar-refractivity contribution in [2.45, 2.75) is 20.0 Å². The quantitative estimate of drug-likeness (QED) is 0.200. The summed E-state index contributed by atoms with van der Waals surface area (Å²) in [6.07, 6.45) is 5.97. The Bertz CT molecular complexity index is 1930. The van der Waals surface area contributed by atoms with Crippen LogP contribution in [0.2, 0.25) is 0 Å². The molecular weight excluding hydrogens is 551 g/mol. The summed E-state index contributed by atoms with van der Waals surface area (Å²) < 4.78 is 23.2. The molecule has 1 saturated heterocycles. The molecule has 0 aliphatic carbocycles. The topological polar surface area (TPSA) is 52.3 Å². The Kier molecular flexibility index (Phi) is 7.54. The highest BCUT2D eigenvalue weighted by molar-refractivity contribution is 6.06. The van der Waals surface area contributed by atoms with Crippen LogP contribution in [0.1, 0.15) is 27.3 Å². The Morgan fingerprint density at radius 1 is 0.818 bits per heavy atom. The predicted octanol–water partition coefficient (Wildman–Crippen LogP) is 7.19. The summed E-state index contributed by atoms with van der Waals surface area (Å²) >= 11 is 0. The van der Waals surface area contributed by atoms with Gasteiger partial charge in [-0.05, 0) is 52.1 Å². The number of carbonyl (C=O) groups is 1. The summed E-state index contributed by atoms with van der Waals surface area (Å²) in [5.74, 6) is -0.209. The molecule has 1 amide bonds. The van der Waals surface area contributed by atoms with Crippen molar-refractivity contribution in [3.8, 4) is 22.3 Å². The minimum atomic E-state index is -0.238. The number of nitrogens with zero attached hydrogens (tertiary/aromatic N) is 4. The van der Waals surface area contributed by atoms with Crippen molar-refractivity contribution < 1.29 is 13.9 Å². The minimum absolute atomic E-state index is 0.0291. The third kappa shape index (κ3) is 5.54. The molecule has 6 aromatic rings. The molecule has 1 aliphatic heterocycles. The fraction of sp³-hybridized carbons (Fsp3) is 0.189. The van der Waals surface area contributed by atoms with Gasteiger partial charge in [-0.3, -0.25) is 4.79 Å². The Labute approximate surface area is 256 Å². The number of carbonyl (C=O) groups excluding carboxylic acids is 1. The van der Waals surface area contributed by atoms with Crippen LogP contribution < -0.4 is 0 Å². The number of aromatic nitrogens is 3. The van der Waals surface area contributed by atoms with Crippen molar-refractivity contribution in [1.29, 1.82) is 0 Å². The van der Waals surface area contributed by atoms with Gasteiger partial charge in [0.25, 0.3) is 5.91 Å². The van der Waals surface area contributed by atoms with Gasteiger partial charge in [-0.2, -0.15) is 0 Å². The first-order chi connectivity index (χ1) is 21.5. The molecule has 0 N–H and O–H groups in total. The molecule has 220 valence electrons. The molecule has 2 aromatic heterocycles. The molecule has 0 radical (unpaired) electrons. The second kappa shape index (κ2) is 11.9. The molecule has 0 unspecified atom stereocenters. The fourth-order valence-electron chi connectivity index (χ4n) is 6.05. The van der Waals surface area contributed by atoms with Crippen molar-refractivity contribution in [1.82, 2.24) is 19.0 Å². The third-order valence-electron chi connectivity index (χ3n) is 8.46. The zero-order chi connectivity index (χ0) is 30.0. The number of benzene rings is 4. The number of halogens is 1. The molecule has 4 aromatic carbocycles. The second-order valence-corrected chi connectivity index (χ2v) is 11.3. The first-order valence-electron chi connectivity index (χ1n) is 14.9. The molecule has 7 rings (SSSR count). The summed E-state index contributed by atoms with van der Waals surface area (Å²) in [5, 5.41) is 2.26. The lowest BCUT2D eigenvalue weighted by molar-refractivity contribution is 0.0303. The Morgan fingerprint density at radius 3 is 2.30 bits per heavy atom. The standard InChI is InChI=1S/C37H33FN4O2/c1-26-36(42(25-39-26)21-27-9-11-28(12-10-27)29-13-15-31(38)16-14-29)24-40-22-34(33-8-4-6-30-5-2-3-7-32(30)33)35(23-40)37(43)41-17-19-44-20-18-41/h2-16,22-23,25H,17-21,24H2,1H3. The molecule has 0 spiro atoms. The first kappa shape index (κ1) is 27.8. The van der Waals surface area contributed by atoms with E-state index in [0.29, 0.717) is 45.0 Å². The fourth-order valence-corrected chi connectivity index (χ4v) is 6.05. The van der Waals surface area contributed by atoms with E-state index in [1.165, 1.54) is 12.1 Å². The van der Waals surface area contributed by atoms with E-state index in [1.54, 1.807) is 12.1 Å². The van der Waals surface area contributed by atoms with Crippen LogP contribution in [0.4, 0.5) is 4.39 Å². The number of amides is 1. The van der Waals surface area contributed by atoms with Gasteiger partial charge < -0.3 is 18.8 Å². The summed E-state index contributed by atoms with van der Waals surface area (Å²) in [6, 6.07) is 29.5. The average Bonchev–Trinajstić information content (AvgIpc) is 3.64. The van der Waals surface area contributed by atoms with Crippen molar-refractivity contribution in [2.24, 2.45) is 0 Å². The second-order valence-electron chi connectivity index (χ2n) is 11.3. The van der Waals surface area contributed by atoms with Gasteiger partial charge in [0.05, 0.1) is 43.0 Å². The summed E-state index contributed by atoms with van der Waals surface area (Å²) in [5.41, 5.74) is 7.87. The van der Waals surface area contributed by atoms with Gasteiger partial charge >= 0.3 is 0 Å². The summed E-state index contributed by atoms with van der Waals surface area (Å²) in [6.45, 7) is 5.55. The van der Waals surface area contributed by atoms with Crippen LogP contribution in [-0.2, 0) is 17.8 Å². The van der Waals surface area contributed by atoms with Gasteiger partial charge in [-0.25, -0.2) is 9.37 Å². The largest absolute Gasteiger partial charge is 0.378 e. The van der Waals surface area contributed by atoms with E-state index in [1.807, 2.05) is 36.5 Å². The van der Waals surface area contributed by atoms with Crippen molar-refractivity contribution in [3.63, 3.8) is 0 Å². The first-order valence-corrected chi connectivity index (χ1v) is 14.9. The van der Waals surface area contributed by atoms with E-state index in [0.717, 1.165) is 50.0 Å². The van der Waals surface area contributed by atoms with E-state index in [4.69, 9.17) is 4.74 Å². The van der Waals surface area contributed by atoms with Gasteiger partial charge in [0.15, 0.2) is 0 Å². The van der Waals surface area contributed by atoms with Gasteiger partial charge in [0.1, 0.15) is 5.82 Å². The number of imidazole rings is 1. The van der Waals surface area contributed by atoms with Crippen LogP contribution in [-0.4, -0.2) is 51.2 Å². The van der Waals surface area contributed by atoms with Gasteiger partial charge in [-0.1, -0.05) is 78.9 Å². The van der Waals surface area contributed by atoms with Crippen LogP contribution in [0.15, 0.2) is 110 Å². The van der Waals surface area contributed by atoms with Crippen molar-refractivity contribution >= 4 is 16.7 Å². The number of ether oxygens (including phenoxy) is 1.